The van der Waals surface area contributed by atoms with Crippen molar-refractivity contribution in [2.45, 2.75) is 13.5 Å². The van der Waals surface area contributed by atoms with Crippen molar-refractivity contribution in [3.05, 3.63) is 73.9 Å². The van der Waals surface area contributed by atoms with Crippen molar-refractivity contribution in [3.8, 4) is 5.75 Å². The van der Waals surface area contributed by atoms with Gasteiger partial charge in [0.25, 0.3) is 11.6 Å². The summed E-state index contributed by atoms with van der Waals surface area (Å²) in [6, 6.07) is 11.7. The van der Waals surface area contributed by atoms with Gasteiger partial charge in [0.2, 0.25) is 0 Å². The molecule has 9 heteroatoms. The van der Waals surface area contributed by atoms with Gasteiger partial charge in [-0.15, -0.1) is 0 Å². The number of halogens is 1. The number of nitrogens with one attached hydrogen (secondary N) is 1. The minimum absolute atomic E-state index is 0.0403. The average molecular weight is 462 g/mol. The number of hydrogen-bond donors (Lipinski definition) is 1. The summed E-state index contributed by atoms with van der Waals surface area (Å²) >= 11 is 8.61. The van der Waals surface area contributed by atoms with Gasteiger partial charge in [0, 0.05) is 18.7 Å². The van der Waals surface area contributed by atoms with Crippen LogP contribution in [0.5, 0.6) is 5.75 Å². The van der Waals surface area contributed by atoms with Crippen LogP contribution in [0.25, 0.3) is 6.08 Å². The van der Waals surface area contributed by atoms with Gasteiger partial charge in [-0.1, -0.05) is 6.07 Å². The molecule has 0 saturated carbocycles. The van der Waals surface area contributed by atoms with Crippen molar-refractivity contribution >= 4 is 50.9 Å². The summed E-state index contributed by atoms with van der Waals surface area (Å²) in [7, 11) is 0. The van der Waals surface area contributed by atoms with Crippen molar-refractivity contribution in [3.63, 3.8) is 0 Å². The highest BCUT2D eigenvalue weighted by atomic mass is 79.9. The molecule has 0 atom stereocenters. The molecule has 3 rings (SSSR count). The van der Waals surface area contributed by atoms with E-state index in [0.29, 0.717) is 23.1 Å². The predicted octanol–water partition coefficient (Wildman–Crippen LogP) is 4.01. The molecular weight excluding hydrogens is 446 g/mol. The van der Waals surface area contributed by atoms with E-state index in [9.17, 15) is 14.9 Å². The predicted molar refractivity (Wildman–Crippen MR) is 113 cm³/mol. The largest absolute Gasteiger partial charge is 0.488 e. The van der Waals surface area contributed by atoms with Crippen molar-refractivity contribution in [1.82, 2.24) is 10.2 Å². The van der Waals surface area contributed by atoms with Crippen LogP contribution in [0.15, 0.2) is 52.6 Å². The summed E-state index contributed by atoms with van der Waals surface area (Å²) in [4.78, 5) is 24.0. The highest BCUT2D eigenvalue weighted by molar-refractivity contribution is 9.10. The lowest BCUT2D eigenvalue weighted by molar-refractivity contribution is -0.384. The summed E-state index contributed by atoms with van der Waals surface area (Å²) < 4.78 is 6.50. The van der Waals surface area contributed by atoms with E-state index in [4.69, 9.17) is 17.0 Å². The maximum Gasteiger partial charge on any atom is 0.276 e. The second-order valence-electron chi connectivity index (χ2n) is 5.94. The third-order valence-corrected chi connectivity index (χ3v) is 5.03. The Labute approximate surface area is 175 Å². The molecule has 1 aliphatic rings. The molecule has 7 nitrogen and oxygen atoms in total. The maximum atomic E-state index is 12.3. The van der Waals surface area contributed by atoms with Crippen LogP contribution >= 0.6 is 28.1 Å². The molecule has 1 amide bonds. The van der Waals surface area contributed by atoms with Crippen molar-refractivity contribution in [1.29, 1.82) is 0 Å². The molecule has 144 valence electrons. The van der Waals surface area contributed by atoms with Crippen molar-refractivity contribution in [2.75, 3.05) is 6.54 Å². The topological polar surface area (TPSA) is 84.7 Å². The summed E-state index contributed by atoms with van der Waals surface area (Å²) in [6.45, 7) is 2.65. The van der Waals surface area contributed by atoms with E-state index in [1.165, 1.54) is 17.0 Å². The van der Waals surface area contributed by atoms with E-state index in [1.807, 2.05) is 19.1 Å². The molecule has 0 radical (unpaired) electrons. The number of benzene rings is 2. The Morgan fingerprint density at radius 3 is 2.57 bits per heavy atom. The van der Waals surface area contributed by atoms with Crippen LogP contribution in [0.4, 0.5) is 5.69 Å². The lowest BCUT2D eigenvalue weighted by Crippen LogP contribution is -2.30. The number of nitrogens with zero attached hydrogens (tertiary/aromatic N) is 2. The van der Waals surface area contributed by atoms with Crippen LogP contribution in [0.2, 0.25) is 0 Å². The number of likely N-dealkylation sites (N-methyl/N-ethyl adjacent to an activating group) is 1. The molecule has 2 aromatic rings. The van der Waals surface area contributed by atoms with Gasteiger partial charge in [0.1, 0.15) is 18.1 Å². The first-order chi connectivity index (χ1) is 13.4. The number of amides is 1. The Morgan fingerprint density at radius 1 is 1.29 bits per heavy atom. The lowest BCUT2D eigenvalue weighted by Gasteiger charge is -2.09. The maximum absolute atomic E-state index is 12.3. The number of nitro groups is 1. The normalized spacial score (nSPS) is 15.1. The van der Waals surface area contributed by atoms with Gasteiger partial charge in [0.15, 0.2) is 5.11 Å². The Kier molecular flexibility index (Phi) is 6.05. The number of thiocarbonyl (C=S) groups is 1. The second kappa shape index (κ2) is 8.49. The third-order valence-electron chi connectivity index (χ3n) is 4.09. The van der Waals surface area contributed by atoms with Crippen LogP contribution in [-0.4, -0.2) is 27.4 Å². The van der Waals surface area contributed by atoms with E-state index in [-0.39, 0.29) is 18.2 Å². The molecule has 2 aromatic carbocycles. The average Bonchev–Trinajstić information content (AvgIpc) is 2.94. The van der Waals surface area contributed by atoms with Crippen molar-refractivity contribution < 1.29 is 14.5 Å². The molecule has 1 fully saturated rings. The van der Waals surface area contributed by atoms with Gasteiger partial charge >= 0.3 is 0 Å². The molecule has 0 unspecified atom stereocenters. The Morgan fingerprint density at radius 2 is 2.00 bits per heavy atom. The highest BCUT2D eigenvalue weighted by Gasteiger charge is 2.28. The lowest BCUT2D eigenvalue weighted by atomic mass is 10.2. The van der Waals surface area contributed by atoms with E-state index in [2.05, 4.69) is 21.2 Å². The summed E-state index contributed by atoms with van der Waals surface area (Å²) in [5.41, 5.74) is 2.10. The summed E-state index contributed by atoms with van der Waals surface area (Å²) in [6.07, 6.45) is 1.73. The van der Waals surface area contributed by atoms with E-state index < -0.39 is 4.92 Å². The zero-order valence-corrected chi connectivity index (χ0v) is 17.2. The monoisotopic (exact) mass is 461 g/mol. The van der Waals surface area contributed by atoms with Gasteiger partial charge in [-0.3, -0.25) is 19.8 Å². The molecule has 1 saturated heterocycles. The number of ether oxygens (including phenoxy) is 1. The van der Waals surface area contributed by atoms with Crippen LogP contribution in [-0.2, 0) is 11.4 Å². The Balaban J connectivity index is 1.69. The van der Waals surface area contributed by atoms with Crippen LogP contribution in [0, 0.1) is 10.1 Å². The van der Waals surface area contributed by atoms with Gasteiger partial charge in [0.05, 0.1) is 9.40 Å². The first kappa shape index (κ1) is 20.0. The zero-order valence-electron chi connectivity index (χ0n) is 14.8. The van der Waals surface area contributed by atoms with E-state index in [1.54, 1.807) is 24.3 Å². The molecule has 1 heterocycles. The molecule has 0 spiro atoms. The summed E-state index contributed by atoms with van der Waals surface area (Å²) in [5.74, 6) is 0.471. The number of hydrogen-bond acceptors (Lipinski definition) is 5. The van der Waals surface area contributed by atoms with Gasteiger partial charge < -0.3 is 10.1 Å². The minimum Gasteiger partial charge on any atom is -0.488 e. The number of carbonyl (C=O) groups excluding carboxylic acids is 1. The quantitative estimate of drug-likeness (QED) is 0.302. The number of nitro benzene ring substituents is 1. The summed E-state index contributed by atoms with van der Waals surface area (Å²) in [5, 5.41) is 14.0. The molecule has 28 heavy (non-hydrogen) atoms. The molecule has 0 bridgehead atoms. The fraction of sp³-hybridized carbons (Fsp3) is 0.158. The Hall–Kier alpha value is -2.78. The fourth-order valence-corrected chi connectivity index (χ4v) is 3.46. The van der Waals surface area contributed by atoms with E-state index >= 15 is 0 Å². The van der Waals surface area contributed by atoms with Crippen molar-refractivity contribution in [2.24, 2.45) is 0 Å². The molecule has 0 aliphatic carbocycles. The second-order valence-corrected chi connectivity index (χ2v) is 7.18. The number of non-ortho nitro benzene ring substituents is 1. The van der Waals surface area contributed by atoms with Crippen LogP contribution < -0.4 is 10.1 Å². The molecule has 0 aromatic heterocycles. The Bertz CT molecular complexity index is 976. The molecule has 1 N–H and O–H groups in total. The molecular formula is C19H16BrN3O4S. The minimum atomic E-state index is -0.440. The molecule has 1 aliphatic heterocycles. The number of carbonyl (C=O) groups is 1. The number of rotatable bonds is 6. The van der Waals surface area contributed by atoms with Crippen LogP contribution in [0.1, 0.15) is 18.1 Å². The first-order valence-electron chi connectivity index (χ1n) is 8.39. The smallest absolute Gasteiger partial charge is 0.276 e. The standard InChI is InChI=1S/C19H16BrN3O4S/c1-2-22-18(24)16(21-19(22)28)10-13-5-8-17(15(20)9-13)27-11-12-3-6-14(7-4-12)23(25)26/h3-10H,2,11H2,1H3,(H,21,28)/b16-10-. The highest BCUT2D eigenvalue weighted by Crippen LogP contribution is 2.28. The fourth-order valence-electron chi connectivity index (χ4n) is 2.62. The van der Waals surface area contributed by atoms with Gasteiger partial charge in [-0.25, -0.2) is 0 Å². The first-order valence-corrected chi connectivity index (χ1v) is 9.59. The van der Waals surface area contributed by atoms with Crippen LogP contribution in [0.3, 0.4) is 0 Å². The third kappa shape index (κ3) is 4.37. The van der Waals surface area contributed by atoms with Gasteiger partial charge in [-0.2, -0.15) is 0 Å². The zero-order chi connectivity index (χ0) is 20.3. The SMILES string of the molecule is CCN1C(=O)/C(=C/c2ccc(OCc3ccc([N+](=O)[O-])cc3)c(Br)c2)NC1=S. The van der Waals surface area contributed by atoms with Gasteiger partial charge in [-0.05, 0) is 76.5 Å². The van der Waals surface area contributed by atoms with E-state index in [0.717, 1.165) is 15.6 Å².